The zero-order chi connectivity index (χ0) is 14.3. The lowest BCUT2D eigenvalue weighted by Gasteiger charge is -2.34. The molecular formula is C13H18ClN5S. The number of aromatic amines is 1. The van der Waals surface area contributed by atoms with Crippen LogP contribution in [0.4, 0.5) is 5.95 Å². The molecule has 0 spiro atoms. The topological polar surface area (TPSA) is 70.8 Å². The Hall–Kier alpha value is -1.11. The average molecular weight is 312 g/mol. The summed E-state index contributed by atoms with van der Waals surface area (Å²) in [5.74, 6) is 2.00. The number of anilines is 1. The van der Waals surface area contributed by atoms with Gasteiger partial charge in [-0.05, 0) is 30.2 Å². The van der Waals surface area contributed by atoms with Gasteiger partial charge in [0.15, 0.2) is 5.82 Å². The number of nitrogens with zero attached hydrogens (tertiary/aromatic N) is 3. The minimum absolute atomic E-state index is 0.179. The van der Waals surface area contributed by atoms with Crippen LogP contribution in [-0.4, -0.2) is 34.3 Å². The molecule has 0 amide bonds. The number of nitrogens with one attached hydrogen (secondary N) is 1. The van der Waals surface area contributed by atoms with E-state index in [4.69, 9.17) is 17.3 Å². The highest BCUT2D eigenvalue weighted by Crippen LogP contribution is 2.35. The molecule has 7 heteroatoms. The molecule has 20 heavy (non-hydrogen) atoms. The second-order valence-electron chi connectivity index (χ2n) is 5.42. The number of H-pyrrole nitrogens is 1. The third-order valence-corrected chi connectivity index (χ3v) is 5.59. The van der Waals surface area contributed by atoms with E-state index >= 15 is 0 Å². The molecule has 1 fully saturated rings. The summed E-state index contributed by atoms with van der Waals surface area (Å²) >= 11 is 7.85. The molecule has 2 aromatic rings. The fourth-order valence-corrected chi connectivity index (χ4v) is 3.59. The predicted molar refractivity (Wildman–Crippen MR) is 83.4 cm³/mol. The number of aromatic nitrogens is 3. The lowest BCUT2D eigenvalue weighted by Crippen LogP contribution is -2.48. The first kappa shape index (κ1) is 13.9. The minimum Gasteiger partial charge on any atom is -0.338 e. The predicted octanol–water partition coefficient (Wildman–Crippen LogP) is 2.67. The van der Waals surface area contributed by atoms with Crippen molar-refractivity contribution >= 4 is 28.9 Å². The van der Waals surface area contributed by atoms with Crippen molar-refractivity contribution < 1.29 is 0 Å². The molecule has 0 bridgehead atoms. The SMILES string of the molecule is Cc1csc(-c2nc(N3CCC(C)C(N)C3)n[nH]2)c1Cl. The quantitative estimate of drug-likeness (QED) is 0.894. The molecule has 3 rings (SSSR count). The first-order chi connectivity index (χ1) is 9.56. The number of hydrogen-bond donors (Lipinski definition) is 2. The molecule has 5 nitrogen and oxygen atoms in total. The van der Waals surface area contributed by atoms with Crippen LogP contribution in [0, 0.1) is 12.8 Å². The van der Waals surface area contributed by atoms with Gasteiger partial charge in [-0.1, -0.05) is 18.5 Å². The fraction of sp³-hybridized carbons (Fsp3) is 0.538. The summed E-state index contributed by atoms with van der Waals surface area (Å²) in [4.78, 5) is 7.65. The highest BCUT2D eigenvalue weighted by molar-refractivity contribution is 7.14. The molecule has 0 aliphatic carbocycles. The summed E-state index contributed by atoms with van der Waals surface area (Å²) in [6.07, 6.45) is 1.07. The fourth-order valence-electron chi connectivity index (χ4n) is 2.37. The van der Waals surface area contributed by atoms with Gasteiger partial charge in [-0.15, -0.1) is 16.4 Å². The van der Waals surface area contributed by atoms with Crippen molar-refractivity contribution in [3.05, 3.63) is 16.0 Å². The zero-order valence-corrected chi connectivity index (χ0v) is 13.1. The van der Waals surface area contributed by atoms with Gasteiger partial charge in [0.05, 0.1) is 9.90 Å². The Bertz CT molecular complexity index is 608. The van der Waals surface area contributed by atoms with Gasteiger partial charge in [-0.2, -0.15) is 4.98 Å². The van der Waals surface area contributed by atoms with Gasteiger partial charge in [-0.3, -0.25) is 5.10 Å². The van der Waals surface area contributed by atoms with Crippen molar-refractivity contribution in [3.63, 3.8) is 0 Å². The van der Waals surface area contributed by atoms with E-state index in [2.05, 4.69) is 27.0 Å². The molecule has 2 atom stereocenters. The van der Waals surface area contributed by atoms with E-state index in [1.807, 2.05) is 12.3 Å². The molecule has 0 radical (unpaired) electrons. The van der Waals surface area contributed by atoms with Gasteiger partial charge in [0.25, 0.3) is 0 Å². The normalized spacial score (nSPS) is 23.3. The smallest absolute Gasteiger partial charge is 0.245 e. The van der Waals surface area contributed by atoms with Crippen molar-refractivity contribution in [1.29, 1.82) is 0 Å². The molecule has 1 aliphatic heterocycles. The Morgan fingerprint density at radius 1 is 1.55 bits per heavy atom. The van der Waals surface area contributed by atoms with Crippen LogP contribution in [0.15, 0.2) is 5.38 Å². The van der Waals surface area contributed by atoms with Crippen molar-refractivity contribution in [3.8, 4) is 10.7 Å². The monoisotopic (exact) mass is 311 g/mol. The number of piperidine rings is 1. The average Bonchev–Trinajstić information content (AvgIpc) is 3.02. The van der Waals surface area contributed by atoms with E-state index in [9.17, 15) is 0 Å². The highest BCUT2D eigenvalue weighted by Gasteiger charge is 2.26. The second-order valence-corrected chi connectivity index (χ2v) is 6.68. The van der Waals surface area contributed by atoms with Crippen molar-refractivity contribution in [2.45, 2.75) is 26.3 Å². The molecule has 0 saturated carbocycles. The van der Waals surface area contributed by atoms with Gasteiger partial charge < -0.3 is 10.6 Å². The van der Waals surface area contributed by atoms with Gasteiger partial charge in [0.1, 0.15) is 0 Å². The minimum atomic E-state index is 0.179. The zero-order valence-electron chi connectivity index (χ0n) is 11.6. The number of rotatable bonds is 2. The Morgan fingerprint density at radius 2 is 2.35 bits per heavy atom. The van der Waals surface area contributed by atoms with Crippen molar-refractivity contribution in [2.75, 3.05) is 18.0 Å². The maximum atomic E-state index is 6.27. The van der Waals surface area contributed by atoms with Gasteiger partial charge >= 0.3 is 0 Å². The summed E-state index contributed by atoms with van der Waals surface area (Å²) in [5, 5.41) is 10.1. The highest BCUT2D eigenvalue weighted by atomic mass is 35.5. The lowest BCUT2D eigenvalue weighted by atomic mass is 9.95. The van der Waals surface area contributed by atoms with Crippen LogP contribution in [0.3, 0.4) is 0 Å². The summed E-state index contributed by atoms with van der Waals surface area (Å²) in [5.41, 5.74) is 7.19. The second kappa shape index (κ2) is 5.35. The largest absolute Gasteiger partial charge is 0.338 e. The molecular weight excluding hydrogens is 294 g/mol. The molecule has 2 unspecified atom stereocenters. The van der Waals surface area contributed by atoms with Crippen LogP contribution >= 0.6 is 22.9 Å². The number of nitrogens with two attached hydrogens (primary N) is 1. The van der Waals surface area contributed by atoms with Crippen LogP contribution < -0.4 is 10.6 Å². The number of aryl methyl sites for hydroxylation is 1. The summed E-state index contributed by atoms with van der Waals surface area (Å²) in [7, 11) is 0. The van der Waals surface area contributed by atoms with E-state index in [1.165, 1.54) is 0 Å². The number of hydrogen-bond acceptors (Lipinski definition) is 5. The summed E-state index contributed by atoms with van der Waals surface area (Å²) < 4.78 is 0. The summed E-state index contributed by atoms with van der Waals surface area (Å²) in [6.45, 7) is 5.93. The molecule has 3 N–H and O–H groups in total. The van der Waals surface area contributed by atoms with E-state index < -0.39 is 0 Å². The Kier molecular flexibility index (Phi) is 3.70. The van der Waals surface area contributed by atoms with Crippen LogP contribution in [0.2, 0.25) is 5.02 Å². The molecule has 3 heterocycles. The maximum absolute atomic E-state index is 6.27. The van der Waals surface area contributed by atoms with Crippen LogP contribution in [0.1, 0.15) is 18.9 Å². The molecule has 0 aromatic carbocycles. The van der Waals surface area contributed by atoms with Crippen LogP contribution in [-0.2, 0) is 0 Å². The standard InChI is InChI=1S/C13H18ClN5S/c1-7-3-4-19(5-9(7)15)13-16-12(17-18-13)11-10(14)8(2)6-20-11/h6-7,9H,3-5,15H2,1-2H3,(H,16,17,18). The van der Waals surface area contributed by atoms with Crippen LogP contribution in [0.5, 0.6) is 0 Å². The Balaban J connectivity index is 1.82. The molecule has 1 saturated heterocycles. The maximum Gasteiger partial charge on any atom is 0.245 e. The Morgan fingerprint density at radius 3 is 3.00 bits per heavy atom. The number of halogens is 1. The van der Waals surface area contributed by atoms with Gasteiger partial charge in [0.2, 0.25) is 5.95 Å². The lowest BCUT2D eigenvalue weighted by molar-refractivity contribution is 0.376. The Labute approximate surface area is 127 Å². The van der Waals surface area contributed by atoms with Crippen molar-refractivity contribution in [1.82, 2.24) is 15.2 Å². The third-order valence-electron chi connectivity index (χ3n) is 3.89. The molecule has 108 valence electrons. The first-order valence-electron chi connectivity index (χ1n) is 6.73. The van der Waals surface area contributed by atoms with E-state index in [-0.39, 0.29) is 6.04 Å². The first-order valence-corrected chi connectivity index (χ1v) is 7.99. The molecule has 1 aliphatic rings. The third kappa shape index (κ3) is 2.43. The van der Waals surface area contributed by atoms with Crippen molar-refractivity contribution in [2.24, 2.45) is 11.7 Å². The van der Waals surface area contributed by atoms with E-state index in [0.29, 0.717) is 11.9 Å². The van der Waals surface area contributed by atoms with E-state index in [0.717, 1.165) is 40.8 Å². The van der Waals surface area contributed by atoms with Crippen LogP contribution in [0.25, 0.3) is 10.7 Å². The van der Waals surface area contributed by atoms with Gasteiger partial charge in [-0.25, -0.2) is 0 Å². The van der Waals surface area contributed by atoms with Gasteiger partial charge in [0, 0.05) is 19.1 Å². The number of thiophene rings is 1. The van der Waals surface area contributed by atoms with E-state index in [1.54, 1.807) is 11.3 Å². The summed E-state index contributed by atoms with van der Waals surface area (Å²) in [6, 6.07) is 0.179. The molecule has 2 aromatic heterocycles.